The van der Waals surface area contributed by atoms with Crippen molar-refractivity contribution in [1.29, 1.82) is 0 Å². The highest BCUT2D eigenvalue weighted by Crippen LogP contribution is 2.08. The molecule has 0 saturated carbocycles. The molecule has 0 radical (unpaired) electrons. The van der Waals surface area contributed by atoms with Crippen molar-refractivity contribution in [3.05, 3.63) is 47.5 Å². The number of carbonyl (C=O) groups is 4. The molecule has 2 rings (SSSR count). The second-order valence-electron chi connectivity index (χ2n) is 5.71. The zero-order valence-corrected chi connectivity index (χ0v) is 15.1. The molecule has 3 N–H and O–H groups in total. The van der Waals surface area contributed by atoms with Crippen LogP contribution < -0.4 is 16.0 Å². The van der Waals surface area contributed by atoms with Crippen LogP contribution in [0.3, 0.4) is 0 Å². The van der Waals surface area contributed by atoms with E-state index in [-0.39, 0.29) is 34.5 Å². The van der Waals surface area contributed by atoms with E-state index in [1.165, 1.54) is 30.4 Å². The topological polar surface area (TPSA) is 104 Å². The Kier molecular flexibility index (Phi) is 7.40. The van der Waals surface area contributed by atoms with E-state index in [9.17, 15) is 19.2 Å². The van der Waals surface area contributed by atoms with Crippen LogP contribution in [0.4, 0.5) is 0 Å². The molecule has 0 unspecified atom stereocenters. The van der Waals surface area contributed by atoms with Gasteiger partial charge in [0.1, 0.15) is 0 Å². The number of ketones is 4. The van der Waals surface area contributed by atoms with Crippen molar-refractivity contribution < 1.29 is 19.2 Å². The lowest BCUT2D eigenvalue weighted by molar-refractivity contribution is -0.115. The van der Waals surface area contributed by atoms with Gasteiger partial charge < -0.3 is 16.0 Å². The maximum absolute atomic E-state index is 12.0. The normalized spacial score (nSPS) is 16.9. The molecule has 0 aliphatic heterocycles. The molecule has 0 bridgehead atoms. The molecule has 0 aromatic rings. The summed E-state index contributed by atoms with van der Waals surface area (Å²) in [7, 11) is 0. The molecule has 0 heterocycles. The summed E-state index contributed by atoms with van der Waals surface area (Å²) in [5.41, 5.74) is 0.862. The molecule has 0 saturated heterocycles. The molecule has 8 heteroatoms. The minimum Gasteiger partial charge on any atom is -0.382 e. The van der Waals surface area contributed by atoms with Gasteiger partial charge in [-0.2, -0.15) is 12.6 Å². The van der Waals surface area contributed by atoms with Gasteiger partial charge in [0.15, 0.2) is 5.78 Å². The van der Waals surface area contributed by atoms with Crippen LogP contribution in [0.5, 0.6) is 0 Å². The monoisotopic (exact) mass is 375 g/mol. The van der Waals surface area contributed by atoms with Gasteiger partial charge >= 0.3 is 0 Å². The van der Waals surface area contributed by atoms with Crippen LogP contribution in [0.2, 0.25) is 0 Å². The van der Waals surface area contributed by atoms with Crippen molar-refractivity contribution in [3.8, 4) is 0 Å². The van der Waals surface area contributed by atoms with Crippen LogP contribution >= 0.6 is 12.6 Å². The Balaban J connectivity index is 1.67. The zero-order valence-electron chi connectivity index (χ0n) is 14.2. The van der Waals surface area contributed by atoms with Crippen molar-refractivity contribution in [2.75, 3.05) is 25.4 Å². The Morgan fingerprint density at radius 2 is 1.15 bits per heavy atom. The summed E-state index contributed by atoms with van der Waals surface area (Å²) >= 11 is 4.05. The lowest BCUT2D eigenvalue weighted by Crippen LogP contribution is -2.30. The fraction of sp³-hybridized carbons (Fsp3) is 0.333. The molecule has 0 aromatic heterocycles. The molecule has 0 aromatic carbocycles. The molecule has 7 nitrogen and oxygen atoms in total. The standard InChI is InChI=1S/C18H21N3O4S/c22-12-3-4-16(23)13(9-12)19-5-1-2-6-20-14-10-18(25)15(11-17(14)24)21-7-8-26/h3-4,9-11,19-21,26H,1-2,5-8H2. The predicted octanol–water partition coefficient (Wildman–Crippen LogP) is -0.0233. The second kappa shape index (κ2) is 9.76. The SMILES string of the molecule is O=C1C=CC(=O)C(NCCCCNC2=CC(=O)C(NCCS)=CC2=O)=C1. The first-order valence-electron chi connectivity index (χ1n) is 8.34. The third kappa shape index (κ3) is 5.73. The first-order valence-corrected chi connectivity index (χ1v) is 8.97. The van der Waals surface area contributed by atoms with Crippen LogP contribution in [-0.4, -0.2) is 48.5 Å². The summed E-state index contributed by atoms with van der Waals surface area (Å²) in [4.78, 5) is 46.7. The number of unbranched alkanes of at least 4 members (excludes halogenated alkanes) is 1. The summed E-state index contributed by atoms with van der Waals surface area (Å²) in [5, 5.41) is 8.76. The van der Waals surface area contributed by atoms with Crippen molar-refractivity contribution in [2.24, 2.45) is 0 Å². The summed E-state index contributed by atoms with van der Waals surface area (Å²) in [5.74, 6) is -0.344. The first-order chi connectivity index (χ1) is 12.5. The lowest BCUT2D eigenvalue weighted by atomic mass is 10.1. The third-order valence-electron chi connectivity index (χ3n) is 3.69. The van der Waals surface area contributed by atoms with E-state index in [2.05, 4.69) is 28.6 Å². The Morgan fingerprint density at radius 1 is 0.654 bits per heavy atom. The van der Waals surface area contributed by atoms with E-state index >= 15 is 0 Å². The van der Waals surface area contributed by atoms with E-state index in [4.69, 9.17) is 0 Å². The minimum atomic E-state index is -0.243. The van der Waals surface area contributed by atoms with E-state index in [0.717, 1.165) is 12.8 Å². The number of hydrogen-bond acceptors (Lipinski definition) is 8. The molecular formula is C18H21N3O4S. The highest BCUT2D eigenvalue weighted by atomic mass is 32.1. The fourth-order valence-corrected chi connectivity index (χ4v) is 2.48. The van der Waals surface area contributed by atoms with Crippen LogP contribution in [0.15, 0.2) is 47.5 Å². The van der Waals surface area contributed by atoms with Gasteiger partial charge in [0.25, 0.3) is 0 Å². The maximum Gasteiger partial charge on any atom is 0.203 e. The minimum absolute atomic E-state index is 0.211. The van der Waals surface area contributed by atoms with E-state index in [0.29, 0.717) is 31.1 Å². The molecule has 0 atom stereocenters. The van der Waals surface area contributed by atoms with Gasteiger partial charge in [-0.25, -0.2) is 0 Å². The number of carbonyl (C=O) groups excluding carboxylic acids is 4. The van der Waals surface area contributed by atoms with Gasteiger partial charge in [0.05, 0.1) is 17.1 Å². The van der Waals surface area contributed by atoms with Crippen LogP contribution in [-0.2, 0) is 19.2 Å². The lowest BCUT2D eigenvalue weighted by Gasteiger charge is -2.15. The molecule has 0 amide bonds. The highest BCUT2D eigenvalue weighted by molar-refractivity contribution is 7.80. The Morgan fingerprint density at radius 3 is 1.69 bits per heavy atom. The Labute approximate surface area is 157 Å². The summed E-state index contributed by atoms with van der Waals surface area (Å²) in [6, 6.07) is 0. The molecule has 0 spiro atoms. The van der Waals surface area contributed by atoms with Gasteiger partial charge in [0.2, 0.25) is 17.3 Å². The molecule has 0 fully saturated rings. The highest BCUT2D eigenvalue weighted by Gasteiger charge is 2.19. The maximum atomic E-state index is 12.0. The largest absolute Gasteiger partial charge is 0.382 e. The van der Waals surface area contributed by atoms with Crippen molar-refractivity contribution in [1.82, 2.24) is 16.0 Å². The number of allylic oxidation sites excluding steroid dienone is 5. The predicted molar refractivity (Wildman–Crippen MR) is 101 cm³/mol. The molecule has 26 heavy (non-hydrogen) atoms. The molecule has 138 valence electrons. The number of rotatable bonds is 10. The van der Waals surface area contributed by atoms with E-state index < -0.39 is 0 Å². The van der Waals surface area contributed by atoms with Crippen molar-refractivity contribution in [3.63, 3.8) is 0 Å². The second-order valence-corrected chi connectivity index (χ2v) is 6.16. The summed E-state index contributed by atoms with van der Waals surface area (Å²) in [6.07, 6.45) is 7.81. The number of nitrogens with one attached hydrogen (secondary N) is 3. The van der Waals surface area contributed by atoms with Gasteiger partial charge in [-0.1, -0.05) is 0 Å². The summed E-state index contributed by atoms with van der Waals surface area (Å²) < 4.78 is 0. The van der Waals surface area contributed by atoms with E-state index in [1.807, 2.05) is 0 Å². The average molecular weight is 375 g/mol. The van der Waals surface area contributed by atoms with Crippen LogP contribution in [0.25, 0.3) is 0 Å². The van der Waals surface area contributed by atoms with E-state index in [1.54, 1.807) is 0 Å². The fourth-order valence-electron chi connectivity index (χ4n) is 2.37. The third-order valence-corrected chi connectivity index (χ3v) is 3.92. The number of hydrogen-bond donors (Lipinski definition) is 4. The average Bonchev–Trinajstić information content (AvgIpc) is 2.62. The summed E-state index contributed by atoms with van der Waals surface area (Å²) in [6.45, 7) is 1.56. The number of thiol groups is 1. The van der Waals surface area contributed by atoms with Gasteiger partial charge in [-0.15, -0.1) is 0 Å². The van der Waals surface area contributed by atoms with Crippen LogP contribution in [0, 0.1) is 0 Å². The molecular weight excluding hydrogens is 354 g/mol. The van der Waals surface area contributed by atoms with Gasteiger partial charge in [-0.05, 0) is 25.0 Å². The smallest absolute Gasteiger partial charge is 0.203 e. The Bertz CT molecular complexity index is 735. The first kappa shape index (κ1) is 19.7. The van der Waals surface area contributed by atoms with Gasteiger partial charge in [0, 0.05) is 43.6 Å². The van der Waals surface area contributed by atoms with Crippen molar-refractivity contribution in [2.45, 2.75) is 12.8 Å². The zero-order chi connectivity index (χ0) is 18.9. The quantitative estimate of drug-likeness (QED) is 0.242. The molecule has 2 aliphatic rings. The Hall–Kier alpha value is -2.61. The van der Waals surface area contributed by atoms with Crippen molar-refractivity contribution >= 4 is 35.8 Å². The molecule has 2 aliphatic carbocycles. The van der Waals surface area contributed by atoms with Gasteiger partial charge in [-0.3, -0.25) is 19.2 Å². The van der Waals surface area contributed by atoms with Crippen LogP contribution in [0.1, 0.15) is 12.8 Å².